The summed E-state index contributed by atoms with van der Waals surface area (Å²) in [5.74, 6) is 1.05. The fraction of sp³-hybridized carbons (Fsp3) is 0.571. The molecule has 0 heterocycles. The first-order valence-corrected chi connectivity index (χ1v) is 5.56. The molecule has 0 bridgehead atoms. The van der Waals surface area contributed by atoms with Gasteiger partial charge >= 0.3 is 0 Å². The lowest BCUT2D eigenvalue weighted by molar-refractivity contribution is 0.225. The van der Waals surface area contributed by atoms with Crippen molar-refractivity contribution in [3.63, 3.8) is 0 Å². The van der Waals surface area contributed by atoms with Gasteiger partial charge < -0.3 is 4.74 Å². The van der Waals surface area contributed by atoms with Gasteiger partial charge in [-0.15, -0.1) is 0 Å². The van der Waals surface area contributed by atoms with Crippen LogP contribution in [0.4, 0.5) is 0 Å². The van der Waals surface area contributed by atoms with Crippen LogP contribution in [-0.4, -0.2) is 7.11 Å². The summed E-state index contributed by atoms with van der Waals surface area (Å²) in [7, 11) is 1.76. The Morgan fingerprint density at radius 1 is 1.13 bits per heavy atom. The van der Waals surface area contributed by atoms with Gasteiger partial charge in [0.15, 0.2) is 0 Å². The first-order valence-electron chi connectivity index (χ1n) is 5.56. The van der Waals surface area contributed by atoms with Crippen molar-refractivity contribution >= 4 is 0 Å². The highest BCUT2D eigenvalue weighted by Gasteiger charge is 2.46. The molecule has 0 unspecified atom stereocenters. The van der Waals surface area contributed by atoms with E-state index in [0.29, 0.717) is 5.41 Å². The van der Waals surface area contributed by atoms with Crippen LogP contribution in [0.3, 0.4) is 0 Å². The first-order chi connectivity index (χ1) is 6.90. The largest absolute Gasteiger partial charge is 0.496 e. The van der Waals surface area contributed by atoms with Gasteiger partial charge in [-0.25, -0.2) is 0 Å². The van der Waals surface area contributed by atoms with Gasteiger partial charge in [0.25, 0.3) is 0 Å². The average molecular weight is 204 g/mol. The summed E-state index contributed by atoms with van der Waals surface area (Å²) in [4.78, 5) is 0. The van der Waals surface area contributed by atoms with E-state index in [9.17, 15) is 0 Å². The van der Waals surface area contributed by atoms with E-state index in [1.54, 1.807) is 7.11 Å². The third-order valence-corrected chi connectivity index (χ3v) is 4.34. The van der Waals surface area contributed by atoms with Crippen molar-refractivity contribution in [2.45, 2.75) is 39.5 Å². The fourth-order valence-electron chi connectivity index (χ4n) is 2.55. The Kier molecular flexibility index (Phi) is 2.11. The Bertz CT molecular complexity index is 388. The van der Waals surface area contributed by atoms with Crippen LogP contribution < -0.4 is 4.74 Å². The third kappa shape index (κ3) is 1.29. The van der Waals surface area contributed by atoms with Crippen molar-refractivity contribution in [1.29, 1.82) is 0 Å². The maximum Gasteiger partial charge on any atom is 0.122 e. The molecule has 0 fully saturated rings. The van der Waals surface area contributed by atoms with Gasteiger partial charge in [-0.1, -0.05) is 39.8 Å². The van der Waals surface area contributed by atoms with Crippen LogP contribution in [0.15, 0.2) is 18.2 Å². The number of hydrogen-bond donors (Lipinski definition) is 0. The molecule has 1 aliphatic carbocycles. The molecule has 1 aromatic carbocycles. The van der Waals surface area contributed by atoms with Gasteiger partial charge in [-0.3, -0.25) is 0 Å². The Morgan fingerprint density at radius 2 is 1.80 bits per heavy atom. The summed E-state index contributed by atoms with van der Waals surface area (Å²) >= 11 is 0. The molecule has 1 nitrogen and oxygen atoms in total. The van der Waals surface area contributed by atoms with Crippen molar-refractivity contribution in [2.24, 2.45) is 5.41 Å². The summed E-state index contributed by atoms with van der Waals surface area (Å²) < 4.78 is 5.44. The van der Waals surface area contributed by atoms with Crippen molar-refractivity contribution < 1.29 is 4.74 Å². The normalized spacial score (nSPS) is 21.1. The molecule has 0 N–H and O–H groups in total. The monoisotopic (exact) mass is 204 g/mol. The molecule has 1 aromatic rings. The second kappa shape index (κ2) is 3.01. The van der Waals surface area contributed by atoms with Gasteiger partial charge in [0.2, 0.25) is 0 Å². The van der Waals surface area contributed by atoms with Crippen molar-refractivity contribution in [2.75, 3.05) is 7.11 Å². The number of rotatable bonds is 1. The molecule has 0 saturated heterocycles. The highest BCUT2D eigenvalue weighted by Crippen LogP contribution is 2.53. The quantitative estimate of drug-likeness (QED) is 0.679. The number of methoxy groups -OCH3 is 1. The molecular weight excluding hydrogens is 184 g/mol. The second-order valence-corrected chi connectivity index (χ2v) is 5.67. The lowest BCUT2D eigenvalue weighted by Gasteiger charge is -2.35. The van der Waals surface area contributed by atoms with E-state index >= 15 is 0 Å². The Hall–Kier alpha value is -0.980. The summed E-state index contributed by atoms with van der Waals surface area (Å²) in [6.07, 6.45) is 1.11. The van der Waals surface area contributed by atoms with E-state index in [-0.39, 0.29) is 5.41 Å². The lowest BCUT2D eigenvalue weighted by atomic mass is 9.69. The van der Waals surface area contributed by atoms with E-state index in [1.807, 2.05) is 0 Å². The van der Waals surface area contributed by atoms with E-state index in [1.165, 1.54) is 11.1 Å². The zero-order valence-electron chi connectivity index (χ0n) is 10.3. The smallest absolute Gasteiger partial charge is 0.122 e. The number of ether oxygens (including phenoxy) is 1. The molecule has 1 heteroatoms. The first kappa shape index (κ1) is 10.5. The SMILES string of the molecule is COc1cccc2c1CC(C)(C)C2(C)C. The maximum absolute atomic E-state index is 5.44. The van der Waals surface area contributed by atoms with Gasteiger partial charge in [0.1, 0.15) is 5.75 Å². The van der Waals surface area contributed by atoms with Gasteiger partial charge in [-0.2, -0.15) is 0 Å². The minimum Gasteiger partial charge on any atom is -0.496 e. The van der Waals surface area contributed by atoms with E-state index in [0.717, 1.165) is 12.2 Å². The second-order valence-electron chi connectivity index (χ2n) is 5.67. The van der Waals surface area contributed by atoms with Crippen LogP contribution >= 0.6 is 0 Å². The maximum atomic E-state index is 5.44. The molecule has 0 aromatic heterocycles. The molecule has 0 aliphatic heterocycles. The Morgan fingerprint density at radius 3 is 2.40 bits per heavy atom. The summed E-state index contributed by atoms with van der Waals surface area (Å²) in [6.45, 7) is 9.34. The lowest BCUT2D eigenvalue weighted by Crippen LogP contribution is -2.32. The minimum atomic E-state index is 0.233. The molecule has 15 heavy (non-hydrogen) atoms. The molecule has 0 spiro atoms. The van der Waals surface area contributed by atoms with Crippen molar-refractivity contribution in [3.05, 3.63) is 29.3 Å². The molecular formula is C14H20O. The van der Waals surface area contributed by atoms with Gasteiger partial charge in [-0.05, 0) is 34.4 Å². The van der Waals surface area contributed by atoms with Gasteiger partial charge in [0, 0.05) is 0 Å². The van der Waals surface area contributed by atoms with Crippen LogP contribution in [0.2, 0.25) is 0 Å². The minimum absolute atomic E-state index is 0.233. The Labute approximate surface area is 92.5 Å². The molecule has 0 radical (unpaired) electrons. The van der Waals surface area contributed by atoms with Crippen LogP contribution in [0.25, 0.3) is 0 Å². The standard InChI is InChI=1S/C14H20O/c1-13(2)9-10-11(14(13,3)4)7-6-8-12(10)15-5/h6-8H,9H2,1-5H3. The molecule has 82 valence electrons. The molecule has 0 atom stereocenters. The van der Waals surface area contributed by atoms with E-state index in [2.05, 4.69) is 45.9 Å². The third-order valence-electron chi connectivity index (χ3n) is 4.34. The summed E-state index contributed by atoms with van der Waals surface area (Å²) in [5, 5.41) is 0. The molecule has 0 amide bonds. The topological polar surface area (TPSA) is 9.23 Å². The van der Waals surface area contributed by atoms with Crippen LogP contribution in [0.5, 0.6) is 5.75 Å². The van der Waals surface area contributed by atoms with E-state index < -0.39 is 0 Å². The van der Waals surface area contributed by atoms with E-state index in [4.69, 9.17) is 4.74 Å². The predicted octanol–water partition coefficient (Wildman–Crippen LogP) is 3.56. The average Bonchev–Trinajstić information content (AvgIpc) is 2.34. The molecule has 0 saturated carbocycles. The van der Waals surface area contributed by atoms with Crippen molar-refractivity contribution in [1.82, 2.24) is 0 Å². The summed E-state index contributed by atoms with van der Waals surface area (Å²) in [5.41, 5.74) is 3.39. The zero-order valence-corrected chi connectivity index (χ0v) is 10.3. The number of benzene rings is 1. The zero-order chi connectivity index (χ0) is 11.3. The van der Waals surface area contributed by atoms with Gasteiger partial charge in [0.05, 0.1) is 7.11 Å². The highest BCUT2D eigenvalue weighted by atomic mass is 16.5. The number of hydrogen-bond acceptors (Lipinski definition) is 1. The summed E-state index contributed by atoms with van der Waals surface area (Å²) in [6, 6.07) is 6.41. The Balaban J connectivity index is 2.62. The molecule has 2 rings (SSSR count). The highest BCUT2D eigenvalue weighted by molar-refractivity contribution is 5.49. The van der Waals surface area contributed by atoms with Crippen molar-refractivity contribution in [3.8, 4) is 5.75 Å². The van der Waals surface area contributed by atoms with Crippen LogP contribution in [0.1, 0.15) is 38.8 Å². The number of fused-ring (bicyclic) bond motifs is 1. The van der Waals surface area contributed by atoms with Crippen LogP contribution in [0, 0.1) is 5.41 Å². The predicted molar refractivity (Wildman–Crippen MR) is 63.5 cm³/mol. The molecule has 1 aliphatic rings. The van der Waals surface area contributed by atoms with Crippen LogP contribution in [-0.2, 0) is 11.8 Å². The fourth-order valence-corrected chi connectivity index (χ4v) is 2.55.